The van der Waals surface area contributed by atoms with Crippen LogP contribution in [0.3, 0.4) is 0 Å². The van der Waals surface area contributed by atoms with Crippen molar-refractivity contribution in [3.8, 4) is 0 Å². The average molecular weight is 362 g/mol. The van der Waals surface area contributed by atoms with E-state index in [9.17, 15) is 4.79 Å². The summed E-state index contributed by atoms with van der Waals surface area (Å²) in [7, 11) is 0. The summed E-state index contributed by atoms with van der Waals surface area (Å²) in [6.45, 7) is 2.64. The number of carbonyl (C=O) groups is 1. The van der Waals surface area contributed by atoms with Crippen molar-refractivity contribution in [1.82, 2.24) is 5.32 Å². The minimum atomic E-state index is 0. The number of hydrogen-bond acceptors (Lipinski definition) is 2. The molecule has 0 saturated heterocycles. The number of benzene rings is 1. The molecule has 1 aromatic rings. The zero-order valence-corrected chi connectivity index (χ0v) is 14.0. The number of nitrogens with one attached hydrogen (secondary N) is 1. The predicted octanol–water partition coefficient (Wildman–Crippen LogP) is 3.42. The van der Waals surface area contributed by atoms with Gasteiger partial charge in [0.25, 0.3) is 0 Å². The molecule has 0 bridgehead atoms. The Morgan fingerprint density at radius 3 is 2.65 bits per heavy atom. The third-order valence-electron chi connectivity index (χ3n) is 4.03. The molecule has 1 saturated carbocycles. The molecule has 3 atom stereocenters. The molecular weight excluding hydrogens is 340 g/mol. The summed E-state index contributed by atoms with van der Waals surface area (Å²) in [5.41, 5.74) is 6.86. The number of nitrogens with two attached hydrogens (primary N) is 1. The van der Waals surface area contributed by atoms with Crippen LogP contribution in [0.4, 0.5) is 0 Å². The Bertz CT molecular complexity index is 438. The van der Waals surface area contributed by atoms with Gasteiger partial charge in [-0.2, -0.15) is 0 Å². The van der Waals surface area contributed by atoms with Gasteiger partial charge in [-0.05, 0) is 49.9 Å². The van der Waals surface area contributed by atoms with Crippen LogP contribution in [0, 0.1) is 11.8 Å². The smallest absolute Gasteiger partial charge is 0.223 e. The molecule has 0 aromatic heterocycles. The fourth-order valence-corrected chi connectivity index (χ4v) is 3.08. The van der Waals surface area contributed by atoms with E-state index < -0.39 is 0 Å². The first-order valence-electron chi connectivity index (χ1n) is 6.87. The maximum absolute atomic E-state index is 12.3. The van der Waals surface area contributed by atoms with Crippen LogP contribution >= 0.6 is 28.3 Å². The molecule has 0 aliphatic heterocycles. The Morgan fingerprint density at radius 2 is 2.05 bits per heavy atom. The van der Waals surface area contributed by atoms with E-state index >= 15 is 0 Å². The summed E-state index contributed by atoms with van der Waals surface area (Å²) in [6.07, 6.45) is 3.18. The quantitative estimate of drug-likeness (QED) is 0.863. The predicted molar refractivity (Wildman–Crippen MR) is 87.8 cm³/mol. The molecule has 20 heavy (non-hydrogen) atoms. The van der Waals surface area contributed by atoms with Crippen molar-refractivity contribution in [2.45, 2.75) is 32.2 Å². The van der Waals surface area contributed by atoms with E-state index in [1.54, 1.807) is 0 Å². The van der Waals surface area contributed by atoms with Crippen LogP contribution in [0.5, 0.6) is 0 Å². The lowest BCUT2D eigenvalue weighted by atomic mass is 9.95. The third kappa shape index (κ3) is 4.21. The normalized spacial score (nSPS) is 22.9. The Balaban J connectivity index is 0.00000200. The van der Waals surface area contributed by atoms with Gasteiger partial charge in [-0.1, -0.05) is 34.5 Å². The van der Waals surface area contributed by atoms with Crippen LogP contribution in [0.1, 0.15) is 37.8 Å². The van der Waals surface area contributed by atoms with Crippen molar-refractivity contribution in [1.29, 1.82) is 0 Å². The summed E-state index contributed by atoms with van der Waals surface area (Å²) in [6, 6.07) is 8.10. The molecule has 3 N–H and O–H groups in total. The van der Waals surface area contributed by atoms with E-state index in [-0.39, 0.29) is 30.3 Å². The molecular formula is C15H22BrClN2O. The first-order chi connectivity index (χ1) is 9.11. The minimum absolute atomic E-state index is 0. The van der Waals surface area contributed by atoms with Gasteiger partial charge in [-0.25, -0.2) is 0 Å². The van der Waals surface area contributed by atoms with Crippen LogP contribution in [-0.2, 0) is 4.79 Å². The maximum atomic E-state index is 12.3. The molecule has 1 fully saturated rings. The van der Waals surface area contributed by atoms with Crippen molar-refractivity contribution in [3.05, 3.63) is 34.3 Å². The molecule has 2 rings (SSSR count). The molecule has 0 spiro atoms. The largest absolute Gasteiger partial charge is 0.349 e. The van der Waals surface area contributed by atoms with Gasteiger partial charge in [0.2, 0.25) is 5.91 Å². The first-order valence-corrected chi connectivity index (χ1v) is 7.67. The topological polar surface area (TPSA) is 55.1 Å². The fraction of sp³-hybridized carbons (Fsp3) is 0.533. The van der Waals surface area contributed by atoms with Gasteiger partial charge in [0.1, 0.15) is 0 Å². The highest BCUT2D eigenvalue weighted by Crippen LogP contribution is 2.31. The van der Waals surface area contributed by atoms with Crippen molar-refractivity contribution in [2.75, 3.05) is 6.54 Å². The molecule has 112 valence electrons. The summed E-state index contributed by atoms with van der Waals surface area (Å²) in [5, 5.41) is 3.11. The summed E-state index contributed by atoms with van der Waals surface area (Å²) < 4.78 is 1.05. The fourth-order valence-electron chi connectivity index (χ4n) is 2.82. The third-order valence-corrected chi connectivity index (χ3v) is 4.56. The van der Waals surface area contributed by atoms with Gasteiger partial charge in [-0.15, -0.1) is 12.4 Å². The highest BCUT2D eigenvalue weighted by Gasteiger charge is 2.32. The Labute approximate surface area is 135 Å². The zero-order valence-electron chi connectivity index (χ0n) is 11.6. The number of carbonyl (C=O) groups excluding carboxylic acids is 1. The minimum Gasteiger partial charge on any atom is -0.349 e. The van der Waals surface area contributed by atoms with E-state index in [1.165, 1.54) is 0 Å². The molecule has 0 heterocycles. The van der Waals surface area contributed by atoms with E-state index in [2.05, 4.69) is 21.2 Å². The van der Waals surface area contributed by atoms with Gasteiger partial charge in [0.15, 0.2) is 0 Å². The average Bonchev–Trinajstić information content (AvgIpc) is 2.87. The Hall–Kier alpha value is -0.580. The second kappa shape index (κ2) is 8.01. The van der Waals surface area contributed by atoms with Crippen molar-refractivity contribution >= 4 is 34.2 Å². The molecule has 1 unspecified atom stereocenters. The van der Waals surface area contributed by atoms with E-state index in [0.29, 0.717) is 12.5 Å². The van der Waals surface area contributed by atoms with Crippen molar-refractivity contribution < 1.29 is 4.79 Å². The van der Waals surface area contributed by atoms with Gasteiger partial charge in [0, 0.05) is 10.4 Å². The van der Waals surface area contributed by atoms with Gasteiger partial charge in [-0.3, -0.25) is 4.79 Å². The van der Waals surface area contributed by atoms with Gasteiger partial charge >= 0.3 is 0 Å². The van der Waals surface area contributed by atoms with Crippen LogP contribution in [-0.4, -0.2) is 12.5 Å². The molecule has 3 nitrogen and oxygen atoms in total. The van der Waals surface area contributed by atoms with Crippen LogP contribution in [0.2, 0.25) is 0 Å². The Kier molecular flexibility index (Phi) is 7.00. The lowest BCUT2D eigenvalue weighted by Gasteiger charge is -2.21. The van der Waals surface area contributed by atoms with E-state index in [0.717, 1.165) is 29.3 Å². The lowest BCUT2D eigenvalue weighted by Crippen LogP contribution is -2.36. The monoisotopic (exact) mass is 360 g/mol. The van der Waals surface area contributed by atoms with Crippen molar-refractivity contribution in [3.63, 3.8) is 0 Å². The molecule has 1 aliphatic carbocycles. The molecule has 5 heteroatoms. The molecule has 1 amide bonds. The standard InChI is InChI=1S/C15H21BrN2O.ClH/c1-10(11-5-7-13(16)8-6-11)18-15(19)14-4-2-3-12(14)9-17;/h5-8,10,12,14H,2-4,9,17H2,1H3,(H,18,19);1H/t10?,12-,14-;/m1./s1. The highest BCUT2D eigenvalue weighted by atomic mass is 79.9. The second-order valence-corrected chi connectivity index (χ2v) is 6.23. The summed E-state index contributed by atoms with van der Waals surface area (Å²) in [5.74, 6) is 0.614. The SMILES string of the molecule is CC(NC(=O)[C@@H]1CCC[C@@H]1CN)c1ccc(Br)cc1.Cl. The van der Waals surface area contributed by atoms with E-state index in [4.69, 9.17) is 5.73 Å². The number of halogens is 2. The van der Waals surface area contributed by atoms with Crippen molar-refractivity contribution in [2.24, 2.45) is 17.6 Å². The second-order valence-electron chi connectivity index (χ2n) is 5.32. The first kappa shape index (κ1) is 17.5. The maximum Gasteiger partial charge on any atom is 0.223 e. The van der Waals surface area contributed by atoms with Crippen LogP contribution in [0.25, 0.3) is 0 Å². The number of amides is 1. The molecule has 0 radical (unpaired) electrons. The van der Waals surface area contributed by atoms with Gasteiger partial charge < -0.3 is 11.1 Å². The summed E-state index contributed by atoms with van der Waals surface area (Å²) >= 11 is 3.42. The van der Waals surface area contributed by atoms with Gasteiger partial charge in [0.05, 0.1) is 6.04 Å². The number of rotatable bonds is 4. The van der Waals surface area contributed by atoms with Crippen LogP contribution < -0.4 is 11.1 Å². The zero-order chi connectivity index (χ0) is 13.8. The molecule has 1 aromatic carbocycles. The summed E-state index contributed by atoms with van der Waals surface area (Å²) in [4.78, 5) is 12.3. The van der Waals surface area contributed by atoms with Crippen LogP contribution in [0.15, 0.2) is 28.7 Å². The highest BCUT2D eigenvalue weighted by molar-refractivity contribution is 9.10. The lowest BCUT2D eigenvalue weighted by molar-refractivity contribution is -0.126. The molecule has 1 aliphatic rings. The Morgan fingerprint density at radius 1 is 1.40 bits per heavy atom. The number of hydrogen-bond donors (Lipinski definition) is 2. The van der Waals surface area contributed by atoms with E-state index in [1.807, 2.05) is 31.2 Å².